The molecular formula is C20H18F3N3O3S. The van der Waals surface area contributed by atoms with E-state index >= 15 is 0 Å². The van der Waals surface area contributed by atoms with Crippen molar-refractivity contribution in [2.45, 2.75) is 18.0 Å². The molecule has 0 spiro atoms. The lowest BCUT2D eigenvalue weighted by Crippen LogP contribution is -2.13. The van der Waals surface area contributed by atoms with Gasteiger partial charge in [0.1, 0.15) is 11.4 Å². The highest BCUT2D eigenvalue weighted by atomic mass is 32.2. The van der Waals surface area contributed by atoms with Gasteiger partial charge in [-0.25, -0.2) is 18.2 Å². The number of nitrogens with zero attached hydrogens (tertiary/aromatic N) is 2. The lowest BCUT2D eigenvalue weighted by atomic mass is 9.98. The number of halogens is 3. The number of sulfonamides is 1. The van der Waals surface area contributed by atoms with Crippen molar-refractivity contribution >= 4 is 16.2 Å². The second-order valence-corrected chi connectivity index (χ2v) is 7.80. The number of hydrogen-bond acceptors (Lipinski definition) is 4. The van der Waals surface area contributed by atoms with E-state index in [4.69, 9.17) is 9.88 Å². The molecule has 2 N–H and O–H groups in total. The first-order chi connectivity index (χ1) is 14.1. The average Bonchev–Trinajstić information content (AvgIpc) is 3.07. The number of benzene rings is 2. The number of nitrogens with two attached hydrogens (primary N) is 1. The summed E-state index contributed by atoms with van der Waals surface area (Å²) in [6, 6.07) is 11.5. The van der Waals surface area contributed by atoms with Crippen LogP contribution in [0.4, 0.5) is 13.2 Å². The van der Waals surface area contributed by atoms with Crippen molar-refractivity contribution in [1.82, 2.24) is 9.78 Å². The van der Waals surface area contributed by atoms with E-state index in [9.17, 15) is 21.6 Å². The van der Waals surface area contributed by atoms with E-state index in [0.717, 1.165) is 6.20 Å². The predicted octanol–water partition coefficient (Wildman–Crippen LogP) is 4.38. The Labute approximate surface area is 171 Å². The Hall–Kier alpha value is -3.11. The van der Waals surface area contributed by atoms with Crippen LogP contribution in [0.1, 0.15) is 12.6 Å². The van der Waals surface area contributed by atoms with E-state index in [1.807, 2.05) is 0 Å². The zero-order chi connectivity index (χ0) is 22.1. The maximum absolute atomic E-state index is 14.1. The lowest BCUT2D eigenvalue weighted by molar-refractivity contribution is -0.142. The van der Waals surface area contributed by atoms with Crippen LogP contribution in [-0.2, 0) is 16.2 Å². The van der Waals surface area contributed by atoms with Gasteiger partial charge in [-0.1, -0.05) is 36.4 Å². The van der Waals surface area contributed by atoms with Crippen LogP contribution >= 0.6 is 0 Å². The molecule has 10 heteroatoms. The second kappa shape index (κ2) is 7.96. The fraction of sp³-hybridized carbons (Fsp3) is 0.150. The van der Waals surface area contributed by atoms with Crippen LogP contribution in [0.3, 0.4) is 0 Å². The molecule has 0 atom stereocenters. The molecule has 0 saturated carbocycles. The highest BCUT2D eigenvalue weighted by molar-refractivity contribution is 7.89. The van der Waals surface area contributed by atoms with E-state index in [1.165, 1.54) is 61.7 Å². The molecular weight excluding hydrogens is 419 g/mol. The number of alkyl halides is 3. The molecule has 0 radical (unpaired) electrons. The van der Waals surface area contributed by atoms with Gasteiger partial charge in [0, 0.05) is 17.3 Å². The van der Waals surface area contributed by atoms with Gasteiger partial charge >= 0.3 is 6.18 Å². The van der Waals surface area contributed by atoms with Crippen molar-refractivity contribution < 1.29 is 26.3 Å². The molecule has 0 aliphatic carbocycles. The molecule has 3 rings (SSSR count). The third-order valence-corrected chi connectivity index (χ3v) is 5.27. The van der Waals surface area contributed by atoms with Crippen LogP contribution in [0.15, 0.2) is 59.5 Å². The summed E-state index contributed by atoms with van der Waals surface area (Å²) < 4.78 is 72.1. The Morgan fingerprint density at radius 1 is 1.10 bits per heavy atom. The maximum atomic E-state index is 14.1. The van der Waals surface area contributed by atoms with Gasteiger partial charge in [-0.2, -0.15) is 18.3 Å². The quantitative estimate of drug-likeness (QED) is 0.642. The van der Waals surface area contributed by atoms with Crippen LogP contribution in [0.5, 0.6) is 5.75 Å². The summed E-state index contributed by atoms with van der Waals surface area (Å²) in [5, 5.41) is 9.38. The fourth-order valence-electron chi connectivity index (χ4n) is 3.09. The molecule has 0 bridgehead atoms. The summed E-state index contributed by atoms with van der Waals surface area (Å²) in [5.41, 5.74) is -1.29. The van der Waals surface area contributed by atoms with E-state index < -0.39 is 21.9 Å². The summed E-state index contributed by atoms with van der Waals surface area (Å²) >= 11 is 0. The zero-order valence-electron chi connectivity index (χ0n) is 16.0. The molecule has 6 nitrogen and oxygen atoms in total. The molecule has 3 aromatic rings. The number of primary sulfonamides is 1. The van der Waals surface area contributed by atoms with Gasteiger partial charge in [0.2, 0.25) is 10.0 Å². The summed E-state index contributed by atoms with van der Waals surface area (Å²) in [5.74, 6) is 0.458. The lowest BCUT2D eigenvalue weighted by Gasteiger charge is -2.12. The van der Waals surface area contributed by atoms with Crippen LogP contribution in [0.25, 0.3) is 28.6 Å². The third kappa shape index (κ3) is 4.10. The smallest absolute Gasteiger partial charge is 0.434 e. The van der Waals surface area contributed by atoms with Crippen molar-refractivity contribution in [3.63, 3.8) is 0 Å². The predicted molar refractivity (Wildman–Crippen MR) is 107 cm³/mol. The normalized spacial score (nSPS) is 12.5. The fourth-order valence-corrected chi connectivity index (χ4v) is 3.82. The summed E-state index contributed by atoms with van der Waals surface area (Å²) in [7, 11) is -2.77. The summed E-state index contributed by atoms with van der Waals surface area (Å²) in [4.78, 5) is -0.321. The van der Waals surface area contributed by atoms with Crippen molar-refractivity contribution in [2.75, 3.05) is 7.11 Å². The number of rotatable bonds is 5. The Kier molecular flexibility index (Phi) is 5.73. The molecule has 0 aliphatic rings. The van der Waals surface area contributed by atoms with Crippen LogP contribution in [0.2, 0.25) is 0 Å². The zero-order valence-corrected chi connectivity index (χ0v) is 16.8. The van der Waals surface area contributed by atoms with Gasteiger partial charge in [0.05, 0.1) is 12.0 Å². The average molecular weight is 437 g/mol. The van der Waals surface area contributed by atoms with Crippen LogP contribution in [0, 0.1) is 0 Å². The first-order valence-electron chi connectivity index (χ1n) is 8.67. The van der Waals surface area contributed by atoms with Crippen molar-refractivity contribution in [3.05, 3.63) is 60.3 Å². The molecule has 1 aromatic heterocycles. The number of allylic oxidation sites excluding steroid dienone is 1. The molecule has 0 fully saturated rings. The van der Waals surface area contributed by atoms with Gasteiger partial charge < -0.3 is 4.74 Å². The van der Waals surface area contributed by atoms with Crippen molar-refractivity contribution in [1.29, 1.82) is 0 Å². The third-order valence-electron chi connectivity index (χ3n) is 4.30. The molecule has 158 valence electrons. The second-order valence-electron chi connectivity index (χ2n) is 6.27. The maximum Gasteiger partial charge on any atom is 0.434 e. The van der Waals surface area contributed by atoms with Crippen LogP contribution < -0.4 is 9.88 Å². The summed E-state index contributed by atoms with van der Waals surface area (Å²) in [6.45, 7) is 1.55. The SMILES string of the molecule is CC=Cn1nc(-c2ccccc2S(N)(=O)=O)c(-c2ccc(OC)cc2)c1C(F)(F)F. The molecule has 30 heavy (non-hydrogen) atoms. The number of ether oxygens (including phenoxy) is 1. The largest absolute Gasteiger partial charge is 0.497 e. The van der Waals surface area contributed by atoms with E-state index in [1.54, 1.807) is 6.92 Å². The first kappa shape index (κ1) is 21.6. The summed E-state index contributed by atoms with van der Waals surface area (Å²) in [6.07, 6.45) is -2.22. The molecule has 2 aromatic carbocycles. The van der Waals surface area contributed by atoms with Gasteiger partial charge in [-0.15, -0.1) is 0 Å². The highest BCUT2D eigenvalue weighted by Crippen LogP contribution is 2.44. The first-order valence-corrected chi connectivity index (χ1v) is 10.2. The number of methoxy groups -OCH3 is 1. The van der Waals surface area contributed by atoms with Gasteiger partial charge in [-0.3, -0.25) is 0 Å². The van der Waals surface area contributed by atoms with Crippen molar-refractivity contribution in [3.8, 4) is 28.1 Å². The minimum absolute atomic E-state index is 0.0282. The molecule has 0 aliphatic heterocycles. The van der Waals surface area contributed by atoms with Crippen molar-refractivity contribution in [2.24, 2.45) is 5.14 Å². The van der Waals surface area contributed by atoms with Gasteiger partial charge in [-0.05, 0) is 30.7 Å². The monoisotopic (exact) mass is 437 g/mol. The molecule has 0 unspecified atom stereocenters. The topological polar surface area (TPSA) is 87.2 Å². The van der Waals surface area contributed by atoms with Crippen LogP contribution in [-0.4, -0.2) is 25.3 Å². The van der Waals surface area contributed by atoms with E-state index in [2.05, 4.69) is 5.10 Å². The molecule has 0 amide bonds. The Bertz CT molecular complexity index is 1200. The molecule has 1 heterocycles. The van der Waals surface area contributed by atoms with Gasteiger partial charge in [0.15, 0.2) is 5.69 Å². The Morgan fingerprint density at radius 3 is 2.27 bits per heavy atom. The van der Waals surface area contributed by atoms with E-state index in [0.29, 0.717) is 10.4 Å². The van der Waals surface area contributed by atoms with Gasteiger partial charge in [0.25, 0.3) is 0 Å². The Balaban J connectivity index is 2.45. The number of hydrogen-bond donors (Lipinski definition) is 1. The minimum Gasteiger partial charge on any atom is -0.497 e. The van der Waals surface area contributed by atoms with E-state index in [-0.39, 0.29) is 27.3 Å². The molecule has 0 saturated heterocycles. The standard InChI is InChI=1S/C20H18F3N3O3S/c1-3-12-26-19(20(21,22)23)17(13-8-10-14(29-2)11-9-13)18(25-26)15-6-4-5-7-16(15)30(24,27)28/h3-12H,1-2H3,(H2,24,27,28). The number of aromatic nitrogens is 2. The minimum atomic E-state index is -4.77. The Morgan fingerprint density at radius 2 is 1.73 bits per heavy atom. The highest BCUT2D eigenvalue weighted by Gasteiger charge is 2.41.